The minimum Gasteiger partial charge on any atom is -0.479 e. The van der Waals surface area contributed by atoms with Gasteiger partial charge in [-0.15, -0.1) is 0 Å². The standard InChI is InChI=1S/C13H22N2O2/c1-5-11-14-8-9-15(11)13(4,12(16)17)7-6-10(2)3/h8-10H,5-7H2,1-4H3,(H,16,17). The van der Waals surface area contributed by atoms with Crippen LogP contribution in [0.4, 0.5) is 0 Å². The lowest BCUT2D eigenvalue weighted by Crippen LogP contribution is -2.40. The topological polar surface area (TPSA) is 55.1 Å². The van der Waals surface area contributed by atoms with E-state index in [0.29, 0.717) is 12.3 Å². The maximum absolute atomic E-state index is 11.6. The molecule has 4 heteroatoms. The van der Waals surface area contributed by atoms with Gasteiger partial charge in [-0.3, -0.25) is 0 Å². The van der Waals surface area contributed by atoms with Gasteiger partial charge in [-0.25, -0.2) is 9.78 Å². The van der Waals surface area contributed by atoms with Gasteiger partial charge in [0, 0.05) is 18.8 Å². The van der Waals surface area contributed by atoms with Crippen LogP contribution >= 0.6 is 0 Å². The van der Waals surface area contributed by atoms with E-state index in [1.807, 2.05) is 6.92 Å². The van der Waals surface area contributed by atoms with Crippen LogP contribution in [0.25, 0.3) is 0 Å². The first kappa shape index (κ1) is 13.7. The lowest BCUT2D eigenvalue weighted by atomic mass is 9.91. The molecular formula is C13H22N2O2. The van der Waals surface area contributed by atoms with Crippen molar-refractivity contribution >= 4 is 5.97 Å². The summed E-state index contributed by atoms with van der Waals surface area (Å²) < 4.78 is 1.80. The fourth-order valence-corrected chi connectivity index (χ4v) is 1.95. The number of imidazole rings is 1. The fraction of sp³-hybridized carbons (Fsp3) is 0.692. The summed E-state index contributed by atoms with van der Waals surface area (Å²) >= 11 is 0. The van der Waals surface area contributed by atoms with Crippen LogP contribution in [0.3, 0.4) is 0 Å². The van der Waals surface area contributed by atoms with Gasteiger partial charge in [0.05, 0.1) is 0 Å². The van der Waals surface area contributed by atoms with Crippen molar-refractivity contribution in [2.75, 3.05) is 0 Å². The Balaban J connectivity index is 3.03. The third kappa shape index (κ3) is 2.87. The van der Waals surface area contributed by atoms with Crippen LogP contribution in [0.1, 0.15) is 46.4 Å². The van der Waals surface area contributed by atoms with Gasteiger partial charge in [-0.1, -0.05) is 20.8 Å². The molecular weight excluding hydrogens is 216 g/mol. The molecule has 4 nitrogen and oxygen atoms in total. The van der Waals surface area contributed by atoms with E-state index in [4.69, 9.17) is 0 Å². The number of hydrogen-bond acceptors (Lipinski definition) is 2. The second-order valence-corrected chi connectivity index (χ2v) is 5.08. The molecule has 0 saturated carbocycles. The summed E-state index contributed by atoms with van der Waals surface area (Å²) in [5.74, 6) is 0.548. The molecule has 0 aliphatic rings. The van der Waals surface area contributed by atoms with Gasteiger partial charge in [-0.2, -0.15) is 0 Å². The molecule has 96 valence electrons. The zero-order valence-corrected chi connectivity index (χ0v) is 11.1. The van der Waals surface area contributed by atoms with Crippen molar-refractivity contribution < 1.29 is 9.90 Å². The molecule has 1 N–H and O–H groups in total. The van der Waals surface area contributed by atoms with Crippen molar-refractivity contribution in [3.63, 3.8) is 0 Å². The van der Waals surface area contributed by atoms with Crippen LogP contribution < -0.4 is 0 Å². The molecule has 0 fully saturated rings. The van der Waals surface area contributed by atoms with E-state index in [9.17, 15) is 9.90 Å². The van der Waals surface area contributed by atoms with E-state index in [1.54, 1.807) is 23.9 Å². The lowest BCUT2D eigenvalue weighted by molar-refractivity contribution is -0.147. The Morgan fingerprint density at radius 2 is 2.24 bits per heavy atom. The van der Waals surface area contributed by atoms with Crippen molar-refractivity contribution in [2.45, 2.75) is 52.5 Å². The molecule has 17 heavy (non-hydrogen) atoms. The number of rotatable bonds is 6. The average Bonchev–Trinajstić information content (AvgIpc) is 2.73. The number of carbonyl (C=O) groups is 1. The molecule has 0 aromatic carbocycles. The molecule has 1 heterocycles. The third-order valence-corrected chi connectivity index (χ3v) is 3.23. The maximum Gasteiger partial charge on any atom is 0.329 e. The number of carboxylic acids is 1. The summed E-state index contributed by atoms with van der Waals surface area (Å²) in [6.07, 6.45) is 5.72. The van der Waals surface area contributed by atoms with Gasteiger partial charge < -0.3 is 9.67 Å². The molecule has 0 aliphatic heterocycles. The van der Waals surface area contributed by atoms with Crippen LogP contribution in [0.15, 0.2) is 12.4 Å². The second kappa shape index (κ2) is 5.34. The van der Waals surface area contributed by atoms with Crippen molar-refractivity contribution in [3.05, 3.63) is 18.2 Å². The largest absolute Gasteiger partial charge is 0.479 e. The highest BCUT2D eigenvalue weighted by atomic mass is 16.4. The number of aryl methyl sites for hydroxylation is 1. The van der Waals surface area contributed by atoms with Gasteiger partial charge in [0.25, 0.3) is 0 Å². The number of nitrogens with zero attached hydrogens (tertiary/aromatic N) is 2. The number of carboxylic acid groups (broad SMARTS) is 1. The molecule has 0 amide bonds. The SMILES string of the molecule is CCc1nccn1C(C)(CCC(C)C)C(=O)O. The average molecular weight is 238 g/mol. The van der Waals surface area contributed by atoms with Crippen molar-refractivity contribution in [2.24, 2.45) is 5.92 Å². The number of hydrogen-bond donors (Lipinski definition) is 1. The van der Waals surface area contributed by atoms with Crippen LogP contribution in [0.2, 0.25) is 0 Å². The van der Waals surface area contributed by atoms with Gasteiger partial charge in [-0.05, 0) is 25.7 Å². The number of aromatic nitrogens is 2. The maximum atomic E-state index is 11.6. The van der Waals surface area contributed by atoms with E-state index in [0.717, 1.165) is 18.7 Å². The first-order valence-electron chi connectivity index (χ1n) is 6.18. The van der Waals surface area contributed by atoms with E-state index in [-0.39, 0.29) is 0 Å². The van der Waals surface area contributed by atoms with Crippen LogP contribution in [-0.2, 0) is 16.8 Å². The smallest absolute Gasteiger partial charge is 0.329 e. The highest BCUT2D eigenvalue weighted by Crippen LogP contribution is 2.26. The Labute approximate surface area is 103 Å². The molecule has 0 saturated heterocycles. The van der Waals surface area contributed by atoms with Gasteiger partial charge >= 0.3 is 5.97 Å². The molecule has 0 spiro atoms. The first-order chi connectivity index (χ1) is 7.91. The van der Waals surface area contributed by atoms with Crippen molar-refractivity contribution in [1.82, 2.24) is 9.55 Å². The predicted molar refractivity (Wildman–Crippen MR) is 67.0 cm³/mol. The first-order valence-corrected chi connectivity index (χ1v) is 6.18. The van der Waals surface area contributed by atoms with E-state index < -0.39 is 11.5 Å². The Kier molecular flexibility index (Phi) is 4.32. The van der Waals surface area contributed by atoms with Crippen LogP contribution in [0, 0.1) is 5.92 Å². The van der Waals surface area contributed by atoms with Crippen molar-refractivity contribution in [1.29, 1.82) is 0 Å². The summed E-state index contributed by atoms with van der Waals surface area (Å²) in [6.45, 7) is 7.98. The summed E-state index contributed by atoms with van der Waals surface area (Å²) in [6, 6.07) is 0. The second-order valence-electron chi connectivity index (χ2n) is 5.08. The van der Waals surface area contributed by atoms with E-state index in [2.05, 4.69) is 18.8 Å². The minimum atomic E-state index is -0.883. The molecule has 0 radical (unpaired) electrons. The molecule has 0 aliphatic carbocycles. The van der Waals surface area contributed by atoms with Crippen LogP contribution in [0.5, 0.6) is 0 Å². The number of aliphatic carboxylic acids is 1. The fourth-order valence-electron chi connectivity index (χ4n) is 1.95. The Hall–Kier alpha value is -1.32. The molecule has 1 rings (SSSR count). The highest BCUT2D eigenvalue weighted by molar-refractivity contribution is 5.76. The van der Waals surface area contributed by atoms with Crippen molar-refractivity contribution in [3.8, 4) is 0 Å². The van der Waals surface area contributed by atoms with E-state index in [1.165, 1.54) is 0 Å². The minimum absolute atomic E-state index is 0.502. The predicted octanol–water partition coefficient (Wildman–Crippen LogP) is 2.68. The molecule has 1 aromatic heterocycles. The van der Waals surface area contributed by atoms with Gasteiger partial charge in [0.15, 0.2) is 0 Å². The Bertz CT molecular complexity index is 385. The molecule has 1 unspecified atom stereocenters. The Morgan fingerprint density at radius 3 is 2.71 bits per heavy atom. The zero-order chi connectivity index (χ0) is 13.1. The third-order valence-electron chi connectivity index (χ3n) is 3.23. The lowest BCUT2D eigenvalue weighted by Gasteiger charge is -2.29. The monoisotopic (exact) mass is 238 g/mol. The molecule has 0 bridgehead atoms. The van der Waals surface area contributed by atoms with E-state index >= 15 is 0 Å². The summed E-state index contributed by atoms with van der Waals surface area (Å²) in [4.78, 5) is 15.8. The summed E-state index contributed by atoms with van der Waals surface area (Å²) in [7, 11) is 0. The zero-order valence-electron chi connectivity index (χ0n) is 11.1. The normalized spacial score (nSPS) is 14.9. The highest BCUT2D eigenvalue weighted by Gasteiger charge is 2.35. The summed E-state index contributed by atoms with van der Waals surface area (Å²) in [5.41, 5.74) is -0.883. The Morgan fingerprint density at radius 1 is 1.59 bits per heavy atom. The van der Waals surface area contributed by atoms with Crippen LogP contribution in [-0.4, -0.2) is 20.6 Å². The summed E-state index contributed by atoms with van der Waals surface area (Å²) in [5, 5.41) is 9.49. The molecule has 1 atom stereocenters. The van der Waals surface area contributed by atoms with Gasteiger partial charge in [0.2, 0.25) is 0 Å². The quantitative estimate of drug-likeness (QED) is 0.829. The molecule has 1 aromatic rings. The van der Waals surface area contributed by atoms with Gasteiger partial charge in [0.1, 0.15) is 11.4 Å².